The molecule has 0 aromatic rings. The van der Waals surface area contributed by atoms with Gasteiger partial charge in [0.15, 0.2) is 0 Å². The molecule has 0 spiro atoms. The SMILES string of the molecule is CSCC[C@H](NC1=NCCC1)C(=O)O. The highest BCUT2D eigenvalue weighted by Gasteiger charge is 2.19. The zero-order valence-corrected chi connectivity index (χ0v) is 9.14. The Balaban J connectivity index is 2.38. The van der Waals surface area contributed by atoms with E-state index >= 15 is 0 Å². The van der Waals surface area contributed by atoms with E-state index in [2.05, 4.69) is 10.3 Å². The summed E-state index contributed by atoms with van der Waals surface area (Å²) in [6.07, 6.45) is 4.56. The number of carboxylic acids is 1. The van der Waals surface area contributed by atoms with Gasteiger partial charge in [-0.25, -0.2) is 4.79 Å². The molecule has 1 rings (SSSR count). The smallest absolute Gasteiger partial charge is 0.326 e. The van der Waals surface area contributed by atoms with Crippen LogP contribution in [0.25, 0.3) is 0 Å². The van der Waals surface area contributed by atoms with Crippen molar-refractivity contribution in [2.75, 3.05) is 18.6 Å². The molecule has 0 unspecified atom stereocenters. The van der Waals surface area contributed by atoms with Crippen molar-refractivity contribution in [3.05, 3.63) is 0 Å². The maximum Gasteiger partial charge on any atom is 0.326 e. The average Bonchev–Trinajstić information content (AvgIpc) is 2.64. The fourth-order valence-electron chi connectivity index (χ4n) is 1.35. The van der Waals surface area contributed by atoms with E-state index < -0.39 is 12.0 Å². The van der Waals surface area contributed by atoms with Gasteiger partial charge in [0.2, 0.25) is 0 Å². The van der Waals surface area contributed by atoms with Crippen LogP contribution < -0.4 is 5.32 Å². The van der Waals surface area contributed by atoms with Crippen LogP contribution in [0.4, 0.5) is 0 Å². The molecule has 1 heterocycles. The summed E-state index contributed by atoms with van der Waals surface area (Å²) in [5.74, 6) is 0.934. The monoisotopic (exact) mass is 216 g/mol. The lowest BCUT2D eigenvalue weighted by Gasteiger charge is -2.14. The van der Waals surface area contributed by atoms with Gasteiger partial charge in [0.1, 0.15) is 6.04 Å². The largest absolute Gasteiger partial charge is 0.480 e. The van der Waals surface area contributed by atoms with E-state index in [0.29, 0.717) is 6.42 Å². The zero-order valence-electron chi connectivity index (χ0n) is 8.32. The second-order valence-corrected chi connectivity index (χ2v) is 4.23. The summed E-state index contributed by atoms with van der Waals surface area (Å²) in [5.41, 5.74) is 0. The summed E-state index contributed by atoms with van der Waals surface area (Å²) in [6, 6.07) is -0.473. The molecule has 0 radical (unpaired) electrons. The van der Waals surface area contributed by atoms with Crippen LogP contribution >= 0.6 is 11.8 Å². The van der Waals surface area contributed by atoms with Gasteiger partial charge in [0.25, 0.3) is 0 Å². The topological polar surface area (TPSA) is 61.7 Å². The minimum absolute atomic E-state index is 0.473. The van der Waals surface area contributed by atoms with Crippen LogP contribution in [0.5, 0.6) is 0 Å². The Morgan fingerprint density at radius 1 is 1.79 bits per heavy atom. The Labute approximate surface area is 88.2 Å². The van der Waals surface area contributed by atoms with E-state index in [-0.39, 0.29) is 0 Å². The van der Waals surface area contributed by atoms with E-state index in [4.69, 9.17) is 5.11 Å². The van der Waals surface area contributed by atoms with Gasteiger partial charge in [-0.15, -0.1) is 0 Å². The molecule has 0 aromatic carbocycles. The van der Waals surface area contributed by atoms with Crippen LogP contribution in [0.3, 0.4) is 0 Å². The number of aliphatic carboxylic acids is 1. The molecule has 0 saturated heterocycles. The Kier molecular flexibility index (Phi) is 4.79. The molecule has 1 aliphatic heterocycles. The van der Waals surface area contributed by atoms with E-state index in [1.54, 1.807) is 11.8 Å². The number of hydrogen-bond acceptors (Lipinski definition) is 4. The number of nitrogens with zero attached hydrogens (tertiary/aromatic N) is 1. The molecular weight excluding hydrogens is 200 g/mol. The third kappa shape index (κ3) is 3.57. The summed E-state index contributed by atoms with van der Waals surface area (Å²) in [5, 5.41) is 11.9. The second kappa shape index (κ2) is 5.90. The van der Waals surface area contributed by atoms with Gasteiger partial charge in [0.05, 0.1) is 5.84 Å². The van der Waals surface area contributed by atoms with Crippen molar-refractivity contribution in [3.8, 4) is 0 Å². The number of aliphatic imine (C=N–C) groups is 1. The fourth-order valence-corrected chi connectivity index (χ4v) is 1.82. The van der Waals surface area contributed by atoms with E-state index in [0.717, 1.165) is 31.0 Å². The van der Waals surface area contributed by atoms with Crippen LogP contribution in [0.15, 0.2) is 4.99 Å². The molecule has 0 bridgehead atoms. The molecule has 2 N–H and O–H groups in total. The van der Waals surface area contributed by atoms with Crippen molar-refractivity contribution in [1.82, 2.24) is 5.32 Å². The number of nitrogens with one attached hydrogen (secondary N) is 1. The van der Waals surface area contributed by atoms with Crippen LogP contribution in [0, 0.1) is 0 Å². The van der Waals surface area contributed by atoms with E-state index in [1.807, 2.05) is 6.26 Å². The third-order valence-electron chi connectivity index (χ3n) is 2.12. The Hall–Kier alpha value is -0.710. The Morgan fingerprint density at radius 3 is 3.07 bits per heavy atom. The van der Waals surface area contributed by atoms with Gasteiger partial charge < -0.3 is 10.4 Å². The molecular formula is C9H16N2O2S. The number of thioether (sulfide) groups is 1. The first-order chi connectivity index (χ1) is 6.74. The molecule has 0 aliphatic carbocycles. The summed E-state index contributed by atoms with van der Waals surface area (Å²) < 4.78 is 0. The quantitative estimate of drug-likeness (QED) is 0.719. The van der Waals surface area contributed by atoms with Gasteiger partial charge in [0, 0.05) is 13.0 Å². The predicted octanol–water partition coefficient (Wildman–Crippen LogP) is 0.975. The van der Waals surface area contributed by atoms with Crippen molar-refractivity contribution in [3.63, 3.8) is 0 Å². The molecule has 0 fully saturated rings. The standard InChI is InChI=1S/C9H16N2O2S/c1-14-6-4-7(9(12)13)11-8-3-2-5-10-8/h7H,2-6H2,1H3,(H,10,11)(H,12,13)/t7-/m0/s1. The first-order valence-electron chi connectivity index (χ1n) is 4.75. The lowest BCUT2D eigenvalue weighted by molar-refractivity contribution is -0.139. The first-order valence-corrected chi connectivity index (χ1v) is 6.15. The summed E-state index contributed by atoms with van der Waals surface area (Å²) in [7, 11) is 0. The van der Waals surface area contributed by atoms with Gasteiger partial charge in [-0.05, 0) is 24.9 Å². The molecule has 1 aliphatic rings. The summed E-state index contributed by atoms with van der Waals surface area (Å²) in [6.45, 7) is 0.831. The number of hydrogen-bond donors (Lipinski definition) is 2. The van der Waals surface area contributed by atoms with E-state index in [1.165, 1.54) is 0 Å². The molecule has 0 amide bonds. The zero-order chi connectivity index (χ0) is 10.4. The molecule has 0 aromatic heterocycles. The average molecular weight is 216 g/mol. The van der Waals surface area contributed by atoms with E-state index in [9.17, 15) is 4.79 Å². The van der Waals surface area contributed by atoms with Crippen molar-refractivity contribution < 1.29 is 9.90 Å². The Bertz CT molecular complexity index is 231. The lowest BCUT2D eigenvalue weighted by Crippen LogP contribution is -2.40. The predicted molar refractivity (Wildman–Crippen MR) is 59.1 cm³/mol. The molecule has 5 heteroatoms. The van der Waals surface area contributed by atoms with Gasteiger partial charge in [-0.3, -0.25) is 4.99 Å². The number of amidine groups is 1. The first kappa shape index (κ1) is 11.4. The molecule has 1 atom stereocenters. The fraction of sp³-hybridized carbons (Fsp3) is 0.778. The highest BCUT2D eigenvalue weighted by Crippen LogP contribution is 2.05. The van der Waals surface area contributed by atoms with Crippen LogP contribution in [0.2, 0.25) is 0 Å². The second-order valence-electron chi connectivity index (χ2n) is 3.25. The molecule has 14 heavy (non-hydrogen) atoms. The highest BCUT2D eigenvalue weighted by molar-refractivity contribution is 7.98. The third-order valence-corrected chi connectivity index (χ3v) is 2.77. The van der Waals surface area contributed by atoms with Crippen molar-refractivity contribution in [2.45, 2.75) is 25.3 Å². The lowest BCUT2D eigenvalue weighted by atomic mass is 10.2. The summed E-state index contributed by atoms with van der Waals surface area (Å²) >= 11 is 1.66. The minimum atomic E-state index is -0.784. The van der Waals surface area contributed by atoms with Gasteiger partial charge in [-0.2, -0.15) is 11.8 Å². The maximum absolute atomic E-state index is 10.9. The molecule has 0 saturated carbocycles. The number of carboxylic acid groups (broad SMARTS) is 1. The normalized spacial score (nSPS) is 17.6. The number of carbonyl (C=O) groups is 1. The van der Waals surface area contributed by atoms with Crippen LogP contribution in [-0.2, 0) is 4.79 Å². The maximum atomic E-state index is 10.9. The van der Waals surface area contributed by atoms with Gasteiger partial charge in [-0.1, -0.05) is 0 Å². The molecule has 4 nitrogen and oxygen atoms in total. The van der Waals surface area contributed by atoms with Crippen LogP contribution in [0.1, 0.15) is 19.3 Å². The highest BCUT2D eigenvalue weighted by atomic mass is 32.2. The summed E-state index contributed by atoms with van der Waals surface area (Å²) in [4.78, 5) is 15.1. The minimum Gasteiger partial charge on any atom is -0.480 e. The van der Waals surface area contributed by atoms with Crippen molar-refractivity contribution in [2.24, 2.45) is 4.99 Å². The van der Waals surface area contributed by atoms with Crippen molar-refractivity contribution >= 4 is 23.6 Å². The Morgan fingerprint density at radius 2 is 2.57 bits per heavy atom. The van der Waals surface area contributed by atoms with Crippen molar-refractivity contribution in [1.29, 1.82) is 0 Å². The van der Waals surface area contributed by atoms with Crippen LogP contribution in [-0.4, -0.2) is 41.5 Å². The number of rotatable bonds is 5. The molecule has 80 valence electrons. The van der Waals surface area contributed by atoms with Gasteiger partial charge >= 0.3 is 5.97 Å².